The average molecular weight is 311 g/mol. The standard InChI is InChI=1S/C16H17N5O2/c1-22-13-6-5-12(9-14(13)23-2)18-16-19-15(20-21-16)8-11-4-3-7-17-10-11/h3-7,9-10H,8H2,1-2H3,(H2,18,19,20,21). The van der Waals surface area contributed by atoms with Crippen molar-refractivity contribution in [3.63, 3.8) is 0 Å². The summed E-state index contributed by atoms with van der Waals surface area (Å²) in [6.07, 6.45) is 4.20. The Labute approximate surface area is 133 Å². The zero-order chi connectivity index (χ0) is 16.1. The van der Waals surface area contributed by atoms with Gasteiger partial charge in [-0.2, -0.15) is 4.98 Å². The third-order valence-electron chi connectivity index (χ3n) is 3.27. The van der Waals surface area contributed by atoms with E-state index >= 15 is 0 Å². The number of hydrogen-bond acceptors (Lipinski definition) is 6. The molecule has 0 aliphatic rings. The van der Waals surface area contributed by atoms with Crippen LogP contribution in [0.1, 0.15) is 11.4 Å². The van der Waals surface area contributed by atoms with Crippen LogP contribution in [0.15, 0.2) is 42.7 Å². The molecule has 0 amide bonds. The van der Waals surface area contributed by atoms with Crippen LogP contribution in [-0.2, 0) is 6.42 Å². The maximum absolute atomic E-state index is 5.28. The minimum Gasteiger partial charge on any atom is -0.493 e. The Kier molecular flexibility index (Phi) is 4.37. The van der Waals surface area contributed by atoms with Crippen LogP contribution in [0.25, 0.3) is 0 Å². The van der Waals surface area contributed by atoms with Gasteiger partial charge < -0.3 is 14.8 Å². The van der Waals surface area contributed by atoms with E-state index in [1.807, 2.05) is 36.5 Å². The summed E-state index contributed by atoms with van der Waals surface area (Å²) in [4.78, 5) is 8.51. The summed E-state index contributed by atoms with van der Waals surface area (Å²) < 4.78 is 10.5. The van der Waals surface area contributed by atoms with E-state index in [0.717, 1.165) is 17.1 Å². The third-order valence-corrected chi connectivity index (χ3v) is 3.27. The van der Waals surface area contributed by atoms with Crippen molar-refractivity contribution < 1.29 is 9.47 Å². The molecule has 3 aromatic rings. The first-order valence-electron chi connectivity index (χ1n) is 7.07. The first-order chi connectivity index (χ1) is 11.3. The quantitative estimate of drug-likeness (QED) is 0.728. The highest BCUT2D eigenvalue weighted by atomic mass is 16.5. The van der Waals surface area contributed by atoms with Gasteiger partial charge in [0.15, 0.2) is 11.5 Å². The summed E-state index contributed by atoms with van der Waals surface area (Å²) in [6.45, 7) is 0. The van der Waals surface area contributed by atoms with Crippen molar-refractivity contribution in [3.05, 3.63) is 54.1 Å². The van der Waals surface area contributed by atoms with Crippen molar-refractivity contribution in [2.24, 2.45) is 0 Å². The van der Waals surface area contributed by atoms with Crippen molar-refractivity contribution in [1.29, 1.82) is 0 Å². The molecular weight excluding hydrogens is 294 g/mol. The van der Waals surface area contributed by atoms with Gasteiger partial charge in [-0.3, -0.25) is 10.1 Å². The van der Waals surface area contributed by atoms with E-state index in [9.17, 15) is 0 Å². The fraction of sp³-hybridized carbons (Fsp3) is 0.188. The van der Waals surface area contributed by atoms with Crippen molar-refractivity contribution in [3.8, 4) is 11.5 Å². The van der Waals surface area contributed by atoms with Gasteiger partial charge in [-0.1, -0.05) is 6.07 Å². The molecule has 0 saturated carbocycles. The lowest BCUT2D eigenvalue weighted by molar-refractivity contribution is 0.355. The number of hydrogen-bond donors (Lipinski definition) is 2. The number of rotatable bonds is 6. The molecule has 7 heteroatoms. The number of H-pyrrole nitrogens is 1. The van der Waals surface area contributed by atoms with Crippen molar-refractivity contribution >= 4 is 11.6 Å². The highest BCUT2D eigenvalue weighted by molar-refractivity contribution is 5.59. The van der Waals surface area contributed by atoms with Crippen LogP contribution in [0.2, 0.25) is 0 Å². The van der Waals surface area contributed by atoms with Crippen LogP contribution in [0.5, 0.6) is 11.5 Å². The molecule has 0 spiro atoms. The number of aromatic nitrogens is 4. The number of aromatic amines is 1. The van der Waals surface area contributed by atoms with Gasteiger partial charge in [-0.25, -0.2) is 0 Å². The molecule has 2 heterocycles. The number of methoxy groups -OCH3 is 2. The minimum absolute atomic E-state index is 0.496. The first-order valence-corrected chi connectivity index (χ1v) is 7.07. The van der Waals surface area contributed by atoms with Crippen LogP contribution < -0.4 is 14.8 Å². The Morgan fingerprint density at radius 2 is 2.00 bits per heavy atom. The Morgan fingerprint density at radius 1 is 1.13 bits per heavy atom. The Bertz CT molecular complexity index is 773. The van der Waals surface area contributed by atoms with Crippen molar-refractivity contribution in [2.45, 2.75) is 6.42 Å². The van der Waals surface area contributed by atoms with Gasteiger partial charge in [0.1, 0.15) is 5.82 Å². The minimum atomic E-state index is 0.496. The van der Waals surface area contributed by atoms with Gasteiger partial charge in [0, 0.05) is 30.6 Å². The predicted molar refractivity (Wildman–Crippen MR) is 86.3 cm³/mol. The van der Waals surface area contributed by atoms with Gasteiger partial charge in [0.25, 0.3) is 0 Å². The van der Waals surface area contributed by atoms with Gasteiger partial charge >= 0.3 is 0 Å². The molecule has 0 aliphatic heterocycles. The molecule has 0 bridgehead atoms. The summed E-state index contributed by atoms with van der Waals surface area (Å²) in [6, 6.07) is 9.42. The number of benzene rings is 1. The zero-order valence-electron chi connectivity index (χ0n) is 12.9. The molecule has 0 radical (unpaired) electrons. The molecule has 1 aromatic carbocycles. The maximum Gasteiger partial charge on any atom is 0.246 e. The van der Waals surface area contributed by atoms with E-state index in [2.05, 4.69) is 25.5 Å². The lowest BCUT2D eigenvalue weighted by Crippen LogP contribution is -1.96. The lowest BCUT2D eigenvalue weighted by atomic mass is 10.2. The van der Waals surface area contributed by atoms with Crippen molar-refractivity contribution in [2.75, 3.05) is 19.5 Å². The van der Waals surface area contributed by atoms with E-state index in [1.165, 1.54) is 0 Å². The fourth-order valence-corrected chi connectivity index (χ4v) is 2.17. The highest BCUT2D eigenvalue weighted by Gasteiger charge is 2.08. The van der Waals surface area contributed by atoms with Crippen LogP contribution in [0.4, 0.5) is 11.6 Å². The predicted octanol–water partition coefficient (Wildman–Crippen LogP) is 2.55. The largest absolute Gasteiger partial charge is 0.493 e. The third kappa shape index (κ3) is 3.57. The summed E-state index contributed by atoms with van der Waals surface area (Å²) in [5.41, 5.74) is 1.89. The second-order valence-electron chi connectivity index (χ2n) is 4.84. The molecule has 0 unspecified atom stereocenters. The number of nitrogens with zero attached hydrogens (tertiary/aromatic N) is 3. The normalized spacial score (nSPS) is 10.3. The van der Waals surface area contributed by atoms with E-state index in [0.29, 0.717) is 23.9 Å². The summed E-state index contributed by atoms with van der Waals surface area (Å²) >= 11 is 0. The van der Waals surface area contributed by atoms with E-state index in [-0.39, 0.29) is 0 Å². The molecule has 0 fully saturated rings. The molecule has 7 nitrogen and oxygen atoms in total. The van der Waals surface area contributed by atoms with Crippen LogP contribution >= 0.6 is 0 Å². The molecule has 2 N–H and O–H groups in total. The topological polar surface area (TPSA) is 85.0 Å². The molecule has 23 heavy (non-hydrogen) atoms. The Hall–Kier alpha value is -3.09. The number of anilines is 2. The van der Waals surface area contributed by atoms with Gasteiger partial charge in [-0.15, -0.1) is 5.10 Å². The number of pyridine rings is 1. The molecular formula is C16H17N5O2. The van der Waals surface area contributed by atoms with Gasteiger partial charge in [-0.05, 0) is 23.8 Å². The van der Waals surface area contributed by atoms with E-state index in [4.69, 9.17) is 9.47 Å². The number of nitrogens with one attached hydrogen (secondary N) is 2. The first kappa shape index (κ1) is 14.8. The monoisotopic (exact) mass is 311 g/mol. The van der Waals surface area contributed by atoms with Crippen LogP contribution in [0.3, 0.4) is 0 Å². The summed E-state index contributed by atoms with van der Waals surface area (Å²) in [5, 5.41) is 10.2. The smallest absolute Gasteiger partial charge is 0.246 e. The molecule has 118 valence electrons. The second kappa shape index (κ2) is 6.78. The van der Waals surface area contributed by atoms with Gasteiger partial charge in [0.2, 0.25) is 5.95 Å². The highest BCUT2D eigenvalue weighted by Crippen LogP contribution is 2.30. The molecule has 0 aliphatic carbocycles. The van der Waals surface area contributed by atoms with E-state index in [1.54, 1.807) is 20.4 Å². The fourth-order valence-electron chi connectivity index (χ4n) is 2.17. The molecule has 2 aromatic heterocycles. The maximum atomic E-state index is 5.28. The molecule has 0 saturated heterocycles. The SMILES string of the molecule is COc1ccc(Nc2n[nH]c(Cc3cccnc3)n2)cc1OC. The van der Waals surface area contributed by atoms with Crippen molar-refractivity contribution in [1.82, 2.24) is 20.2 Å². The van der Waals surface area contributed by atoms with Crippen LogP contribution in [0, 0.1) is 0 Å². The average Bonchev–Trinajstić information content (AvgIpc) is 3.02. The Balaban J connectivity index is 1.71. The second-order valence-corrected chi connectivity index (χ2v) is 4.84. The molecule has 3 rings (SSSR count). The lowest BCUT2D eigenvalue weighted by Gasteiger charge is -2.09. The molecule has 0 atom stereocenters. The zero-order valence-corrected chi connectivity index (χ0v) is 12.9. The summed E-state index contributed by atoms with van der Waals surface area (Å²) in [7, 11) is 3.20. The van der Waals surface area contributed by atoms with Crippen LogP contribution in [-0.4, -0.2) is 34.4 Å². The summed E-state index contributed by atoms with van der Waals surface area (Å²) in [5.74, 6) is 2.58. The van der Waals surface area contributed by atoms with Gasteiger partial charge in [0.05, 0.1) is 14.2 Å². The van der Waals surface area contributed by atoms with E-state index < -0.39 is 0 Å². The number of ether oxygens (including phenoxy) is 2. The Morgan fingerprint density at radius 3 is 2.74 bits per heavy atom.